The minimum Gasteiger partial charge on any atom is -0.379 e. The topological polar surface area (TPSA) is 84.7 Å². The number of para-hydroxylation sites is 1. The second-order valence-corrected chi connectivity index (χ2v) is 6.20. The van der Waals surface area contributed by atoms with Gasteiger partial charge < -0.3 is 10.1 Å². The molecule has 1 N–H and O–H groups in total. The lowest BCUT2D eigenvalue weighted by Crippen LogP contribution is -2.43. The van der Waals surface area contributed by atoms with Crippen LogP contribution in [0.2, 0.25) is 0 Å². The van der Waals surface area contributed by atoms with Crippen LogP contribution in [0.15, 0.2) is 48.5 Å². The Morgan fingerprint density at radius 3 is 2.52 bits per heavy atom. The zero-order valence-corrected chi connectivity index (χ0v) is 14.6. The number of nitrogens with zero attached hydrogens (tertiary/aromatic N) is 2. The summed E-state index contributed by atoms with van der Waals surface area (Å²) in [6.45, 7) is 2.77. The summed E-state index contributed by atoms with van der Waals surface area (Å²) in [5.74, 6) is -0.842. The number of carbonyl (C=O) groups excluding carboxylic acids is 1. The van der Waals surface area contributed by atoms with E-state index in [9.17, 15) is 19.3 Å². The third kappa shape index (κ3) is 4.66. The Balaban J connectivity index is 1.77. The first kappa shape index (κ1) is 18.9. The normalized spacial score (nSPS) is 15.9. The Hall–Kier alpha value is -2.84. The molecule has 1 fully saturated rings. The first-order valence-corrected chi connectivity index (χ1v) is 8.65. The minimum absolute atomic E-state index is 0.0160. The van der Waals surface area contributed by atoms with Gasteiger partial charge in [0.05, 0.1) is 24.2 Å². The molecule has 2 aromatic rings. The molecule has 0 saturated carbocycles. The van der Waals surface area contributed by atoms with Crippen molar-refractivity contribution in [2.45, 2.75) is 6.04 Å². The van der Waals surface area contributed by atoms with E-state index >= 15 is 0 Å². The SMILES string of the molecule is O=C(NCC(c1ccc(F)cc1)N1CCOCC1)c1ccccc1[N+](=O)[O-]. The van der Waals surface area contributed by atoms with Gasteiger partial charge in [0, 0.05) is 25.7 Å². The Bertz CT molecular complexity index is 807. The van der Waals surface area contributed by atoms with E-state index in [1.807, 2.05) is 0 Å². The van der Waals surface area contributed by atoms with Gasteiger partial charge >= 0.3 is 0 Å². The van der Waals surface area contributed by atoms with E-state index in [2.05, 4.69) is 10.2 Å². The molecule has 1 aliphatic heterocycles. The third-order valence-corrected chi connectivity index (χ3v) is 4.54. The molecule has 8 heteroatoms. The molecular weight excluding hydrogens is 353 g/mol. The molecule has 142 valence electrons. The molecule has 0 spiro atoms. The second kappa shape index (κ2) is 8.70. The van der Waals surface area contributed by atoms with Gasteiger partial charge in [0.25, 0.3) is 11.6 Å². The van der Waals surface area contributed by atoms with E-state index in [1.54, 1.807) is 18.2 Å². The van der Waals surface area contributed by atoms with Crippen LogP contribution in [0, 0.1) is 15.9 Å². The summed E-state index contributed by atoms with van der Waals surface area (Å²) in [4.78, 5) is 25.2. The predicted octanol–water partition coefficient (Wildman–Crippen LogP) is 2.54. The molecule has 0 radical (unpaired) electrons. The Kier molecular flexibility index (Phi) is 6.10. The maximum atomic E-state index is 13.3. The fourth-order valence-electron chi connectivity index (χ4n) is 3.14. The van der Waals surface area contributed by atoms with Crippen molar-refractivity contribution in [3.8, 4) is 0 Å². The third-order valence-electron chi connectivity index (χ3n) is 4.54. The van der Waals surface area contributed by atoms with Crippen molar-refractivity contribution in [1.82, 2.24) is 10.2 Å². The standard InChI is InChI=1S/C19H20FN3O4/c20-15-7-5-14(6-8-15)18(22-9-11-27-12-10-22)13-21-19(24)16-3-1-2-4-17(16)23(25)26/h1-8,18H,9-13H2,(H,21,24). The van der Waals surface area contributed by atoms with Crippen LogP contribution < -0.4 is 5.32 Å². The molecule has 1 unspecified atom stereocenters. The van der Waals surface area contributed by atoms with Gasteiger partial charge in [-0.05, 0) is 23.8 Å². The molecule has 0 bridgehead atoms. The number of halogens is 1. The van der Waals surface area contributed by atoms with Crippen molar-refractivity contribution < 1.29 is 18.8 Å². The number of hydrogen-bond acceptors (Lipinski definition) is 5. The fraction of sp³-hybridized carbons (Fsp3) is 0.316. The number of nitro groups is 1. The van der Waals surface area contributed by atoms with Gasteiger partial charge in [-0.25, -0.2) is 4.39 Å². The number of carbonyl (C=O) groups is 1. The van der Waals surface area contributed by atoms with Crippen LogP contribution in [0.5, 0.6) is 0 Å². The highest BCUT2D eigenvalue weighted by atomic mass is 19.1. The quantitative estimate of drug-likeness (QED) is 0.621. The number of ether oxygens (including phenoxy) is 1. The van der Waals surface area contributed by atoms with Crippen LogP contribution in [0.4, 0.5) is 10.1 Å². The number of nitrogens with one attached hydrogen (secondary N) is 1. The summed E-state index contributed by atoms with van der Waals surface area (Å²) < 4.78 is 18.7. The summed E-state index contributed by atoms with van der Waals surface area (Å²) in [6.07, 6.45) is 0. The maximum absolute atomic E-state index is 13.3. The lowest BCUT2D eigenvalue weighted by molar-refractivity contribution is -0.385. The van der Waals surface area contributed by atoms with E-state index in [0.717, 1.165) is 5.56 Å². The van der Waals surface area contributed by atoms with Gasteiger partial charge in [-0.15, -0.1) is 0 Å². The molecular formula is C19H20FN3O4. The van der Waals surface area contributed by atoms with Crippen LogP contribution in [-0.2, 0) is 4.74 Å². The zero-order valence-electron chi connectivity index (χ0n) is 14.6. The van der Waals surface area contributed by atoms with Crippen molar-refractivity contribution in [1.29, 1.82) is 0 Å². The molecule has 1 heterocycles. The molecule has 1 aliphatic rings. The van der Waals surface area contributed by atoms with Gasteiger partial charge in [0.2, 0.25) is 0 Å². The zero-order chi connectivity index (χ0) is 19.2. The molecule has 1 atom stereocenters. The number of morpholine rings is 1. The predicted molar refractivity (Wildman–Crippen MR) is 97.0 cm³/mol. The van der Waals surface area contributed by atoms with E-state index in [0.29, 0.717) is 26.3 Å². The maximum Gasteiger partial charge on any atom is 0.282 e. The van der Waals surface area contributed by atoms with Crippen LogP contribution in [0.3, 0.4) is 0 Å². The molecule has 0 aromatic heterocycles. The lowest BCUT2D eigenvalue weighted by Gasteiger charge is -2.35. The monoisotopic (exact) mass is 373 g/mol. The van der Waals surface area contributed by atoms with E-state index in [-0.39, 0.29) is 29.7 Å². The number of benzene rings is 2. The summed E-state index contributed by atoms with van der Waals surface area (Å²) >= 11 is 0. The largest absolute Gasteiger partial charge is 0.379 e. The minimum atomic E-state index is -0.575. The first-order valence-electron chi connectivity index (χ1n) is 8.65. The number of nitro benzene ring substituents is 1. The highest BCUT2D eigenvalue weighted by molar-refractivity contribution is 5.98. The Labute approximate surface area is 155 Å². The van der Waals surface area contributed by atoms with Crippen molar-refractivity contribution >= 4 is 11.6 Å². The van der Waals surface area contributed by atoms with Gasteiger partial charge in [0.1, 0.15) is 11.4 Å². The first-order chi connectivity index (χ1) is 13.1. The number of amides is 1. The van der Waals surface area contributed by atoms with Gasteiger partial charge in [-0.2, -0.15) is 0 Å². The van der Waals surface area contributed by atoms with Crippen molar-refractivity contribution in [3.05, 3.63) is 75.6 Å². The van der Waals surface area contributed by atoms with Crippen molar-refractivity contribution in [2.24, 2.45) is 0 Å². The second-order valence-electron chi connectivity index (χ2n) is 6.20. The highest BCUT2D eigenvalue weighted by Gasteiger charge is 2.25. The summed E-state index contributed by atoms with van der Waals surface area (Å²) in [5.41, 5.74) is 0.642. The fourth-order valence-corrected chi connectivity index (χ4v) is 3.14. The van der Waals surface area contributed by atoms with Crippen LogP contribution in [0.1, 0.15) is 22.0 Å². The summed E-state index contributed by atoms with van der Waals surface area (Å²) in [7, 11) is 0. The van der Waals surface area contributed by atoms with E-state index in [1.165, 1.54) is 30.3 Å². The average molecular weight is 373 g/mol. The van der Waals surface area contributed by atoms with Crippen LogP contribution >= 0.6 is 0 Å². The molecule has 1 saturated heterocycles. The summed E-state index contributed by atoms with van der Waals surface area (Å²) in [5, 5.41) is 13.9. The van der Waals surface area contributed by atoms with Gasteiger partial charge in [-0.3, -0.25) is 19.8 Å². The Morgan fingerprint density at radius 2 is 1.85 bits per heavy atom. The highest BCUT2D eigenvalue weighted by Crippen LogP contribution is 2.23. The number of hydrogen-bond donors (Lipinski definition) is 1. The summed E-state index contributed by atoms with van der Waals surface area (Å²) in [6, 6.07) is 11.8. The van der Waals surface area contributed by atoms with Crippen LogP contribution in [-0.4, -0.2) is 48.6 Å². The molecule has 27 heavy (non-hydrogen) atoms. The van der Waals surface area contributed by atoms with Crippen LogP contribution in [0.25, 0.3) is 0 Å². The average Bonchev–Trinajstić information content (AvgIpc) is 2.70. The van der Waals surface area contributed by atoms with Crippen molar-refractivity contribution in [2.75, 3.05) is 32.8 Å². The molecule has 1 amide bonds. The lowest BCUT2D eigenvalue weighted by atomic mass is 10.0. The molecule has 7 nitrogen and oxygen atoms in total. The van der Waals surface area contributed by atoms with Crippen molar-refractivity contribution in [3.63, 3.8) is 0 Å². The van der Waals surface area contributed by atoms with E-state index in [4.69, 9.17) is 4.74 Å². The number of rotatable bonds is 6. The molecule has 3 rings (SSSR count). The van der Waals surface area contributed by atoms with E-state index < -0.39 is 10.8 Å². The molecule has 0 aliphatic carbocycles. The van der Waals surface area contributed by atoms with Gasteiger partial charge in [0.15, 0.2) is 0 Å². The smallest absolute Gasteiger partial charge is 0.282 e. The Morgan fingerprint density at radius 1 is 1.19 bits per heavy atom. The van der Waals surface area contributed by atoms with Gasteiger partial charge in [-0.1, -0.05) is 24.3 Å². The molecule has 2 aromatic carbocycles.